The second-order valence-corrected chi connectivity index (χ2v) is 6.02. The molecule has 8 heteroatoms. The first kappa shape index (κ1) is 13.7. The predicted octanol–water partition coefficient (Wildman–Crippen LogP) is 3.30. The molecule has 0 aromatic carbocycles. The number of carbonyl (C=O) groups is 1. The molecule has 0 saturated carbocycles. The number of nitrogens with one attached hydrogen (secondary N) is 2. The molecule has 6 nitrogen and oxygen atoms in total. The Balaban J connectivity index is 1.77. The van der Waals surface area contributed by atoms with E-state index in [1.807, 2.05) is 19.1 Å². The van der Waals surface area contributed by atoms with Gasteiger partial charge in [-0.05, 0) is 19.1 Å². The molecular weight excluding hydrogens is 306 g/mol. The zero-order valence-corrected chi connectivity index (χ0v) is 12.7. The summed E-state index contributed by atoms with van der Waals surface area (Å²) >= 11 is 2.84. The molecule has 0 aliphatic rings. The van der Waals surface area contributed by atoms with E-state index in [9.17, 15) is 4.79 Å². The van der Waals surface area contributed by atoms with Crippen LogP contribution in [0.4, 0.5) is 16.5 Å². The average molecular weight is 317 g/mol. The maximum absolute atomic E-state index is 12.2. The molecule has 0 atom stereocenters. The molecular formula is C13H11N5OS2. The van der Waals surface area contributed by atoms with Crippen molar-refractivity contribution < 1.29 is 4.79 Å². The lowest BCUT2D eigenvalue weighted by Gasteiger charge is -2.05. The second kappa shape index (κ2) is 5.98. The number of pyridine rings is 1. The fourth-order valence-electron chi connectivity index (χ4n) is 1.66. The van der Waals surface area contributed by atoms with Gasteiger partial charge in [-0.25, -0.2) is 9.97 Å². The molecule has 3 aromatic heterocycles. The van der Waals surface area contributed by atoms with Gasteiger partial charge in [-0.2, -0.15) is 0 Å². The highest BCUT2D eigenvalue weighted by Crippen LogP contribution is 2.25. The molecule has 0 radical (unpaired) electrons. The van der Waals surface area contributed by atoms with Gasteiger partial charge in [0.15, 0.2) is 5.69 Å². The van der Waals surface area contributed by atoms with E-state index < -0.39 is 0 Å². The molecule has 0 aliphatic heterocycles. The molecule has 3 rings (SSSR count). The van der Waals surface area contributed by atoms with Crippen LogP contribution < -0.4 is 10.6 Å². The Morgan fingerprint density at radius 1 is 1.33 bits per heavy atom. The van der Waals surface area contributed by atoms with Crippen LogP contribution in [0.3, 0.4) is 0 Å². The van der Waals surface area contributed by atoms with Gasteiger partial charge >= 0.3 is 0 Å². The van der Waals surface area contributed by atoms with E-state index in [0.717, 1.165) is 10.7 Å². The second-order valence-electron chi connectivity index (χ2n) is 4.10. The zero-order chi connectivity index (χ0) is 14.7. The highest BCUT2D eigenvalue weighted by molar-refractivity contribution is 7.14. The minimum atomic E-state index is -0.284. The number of rotatable bonds is 4. The van der Waals surface area contributed by atoms with Crippen LogP contribution in [-0.2, 0) is 0 Å². The van der Waals surface area contributed by atoms with Crippen LogP contribution in [-0.4, -0.2) is 20.9 Å². The standard InChI is InChI=1S/C13H11N5OS2/c1-8-16-10(6-20-8)18-12(19)11-13(21-7-15-11)17-9-3-2-4-14-5-9/h2-7,17H,1H3,(H,18,19). The number of anilines is 3. The van der Waals surface area contributed by atoms with Gasteiger partial charge in [-0.3, -0.25) is 9.78 Å². The number of hydrogen-bond acceptors (Lipinski definition) is 7. The molecule has 0 spiro atoms. The molecule has 3 aromatic rings. The smallest absolute Gasteiger partial charge is 0.278 e. The molecule has 0 fully saturated rings. The van der Waals surface area contributed by atoms with Crippen molar-refractivity contribution in [1.82, 2.24) is 15.0 Å². The number of aryl methyl sites for hydroxylation is 1. The van der Waals surface area contributed by atoms with Crippen LogP contribution in [0.5, 0.6) is 0 Å². The zero-order valence-electron chi connectivity index (χ0n) is 11.0. The van der Waals surface area contributed by atoms with Gasteiger partial charge < -0.3 is 10.6 Å². The van der Waals surface area contributed by atoms with Crippen molar-refractivity contribution in [3.05, 3.63) is 46.1 Å². The van der Waals surface area contributed by atoms with E-state index >= 15 is 0 Å². The Morgan fingerprint density at radius 2 is 2.24 bits per heavy atom. The maximum atomic E-state index is 12.2. The van der Waals surface area contributed by atoms with E-state index in [2.05, 4.69) is 25.6 Å². The summed E-state index contributed by atoms with van der Waals surface area (Å²) in [5.74, 6) is 0.260. The lowest BCUT2D eigenvalue weighted by atomic mass is 10.4. The van der Waals surface area contributed by atoms with Gasteiger partial charge in [0.2, 0.25) is 0 Å². The van der Waals surface area contributed by atoms with E-state index in [1.54, 1.807) is 23.3 Å². The number of amides is 1. The summed E-state index contributed by atoms with van der Waals surface area (Å²) in [6.07, 6.45) is 3.38. The summed E-state index contributed by atoms with van der Waals surface area (Å²) in [7, 11) is 0. The van der Waals surface area contributed by atoms with Crippen LogP contribution in [0.15, 0.2) is 35.4 Å². The topological polar surface area (TPSA) is 79.8 Å². The molecule has 3 heterocycles. The summed E-state index contributed by atoms with van der Waals surface area (Å²) in [6.45, 7) is 1.89. The normalized spacial score (nSPS) is 10.3. The van der Waals surface area contributed by atoms with Gasteiger partial charge in [-0.1, -0.05) is 0 Å². The number of aromatic nitrogens is 3. The molecule has 106 valence electrons. The Morgan fingerprint density at radius 3 is 2.95 bits per heavy atom. The fourth-order valence-corrected chi connectivity index (χ4v) is 2.90. The lowest BCUT2D eigenvalue weighted by molar-refractivity contribution is 0.102. The highest BCUT2D eigenvalue weighted by Gasteiger charge is 2.16. The summed E-state index contributed by atoms with van der Waals surface area (Å²) in [5, 5.41) is 9.25. The third-order valence-corrected chi connectivity index (χ3v) is 4.08. The summed E-state index contributed by atoms with van der Waals surface area (Å²) in [6, 6.07) is 3.69. The van der Waals surface area contributed by atoms with Crippen LogP contribution in [0, 0.1) is 6.92 Å². The van der Waals surface area contributed by atoms with Crippen LogP contribution >= 0.6 is 22.7 Å². The van der Waals surface area contributed by atoms with Crippen LogP contribution in [0.2, 0.25) is 0 Å². The monoisotopic (exact) mass is 317 g/mol. The molecule has 21 heavy (non-hydrogen) atoms. The van der Waals surface area contributed by atoms with Crippen LogP contribution in [0.1, 0.15) is 15.5 Å². The average Bonchev–Trinajstić information content (AvgIpc) is 3.09. The van der Waals surface area contributed by atoms with Crippen molar-refractivity contribution in [3.63, 3.8) is 0 Å². The quantitative estimate of drug-likeness (QED) is 0.772. The third-order valence-electron chi connectivity index (χ3n) is 2.56. The van der Waals surface area contributed by atoms with Gasteiger partial charge in [0, 0.05) is 11.6 Å². The molecule has 0 saturated heterocycles. The molecule has 1 amide bonds. The Labute approximate surface area is 128 Å². The van der Waals surface area contributed by atoms with Crippen molar-refractivity contribution in [1.29, 1.82) is 0 Å². The van der Waals surface area contributed by atoms with E-state index in [4.69, 9.17) is 0 Å². The van der Waals surface area contributed by atoms with Crippen LogP contribution in [0.25, 0.3) is 0 Å². The maximum Gasteiger partial charge on any atom is 0.278 e. The minimum absolute atomic E-state index is 0.284. The third kappa shape index (κ3) is 3.23. The molecule has 0 unspecified atom stereocenters. The Kier molecular flexibility index (Phi) is 3.89. The van der Waals surface area contributed by atoms with Crippen molar-refractivity contribution >= 4 is 45.1 Å². The number of carbonyl (C=O) groups excluding carboxylic acids is 1. The van der Waals surface area contributed by atoms with Crippen molar-refractivity contribution in [2.24, 2.45) is 0 Å². The van der Waals surface area contributed by atoms with Gasteiger partial charge in [-0.15, -0.1) is 22.7 Å². The van der Waals surface area contributed by atoms with E-state index in [0.29, 0.717) is 16.5 Å². The first-order valence-electron chi connectivity index (χ1n) is 6.06. The van der Waals surface area contributed by atoms with Gasteiger partial charge in [0.05, 0.1) is 22.4 Å². The Bertz CT molecular complexity index is 753. The number of thiazole rings is 2. The first-order chi connectivity index (χ1) is 10.2. The fraction of sp³-hybridized carbons (Fsp3) is 0.0769. The van der Waals surface area contributed by atoms with Crippen molar-refractivity contribution in [2.45, 2.75) is 6.92 Å². The minimum Gasteiger partial charge on any atom is -0.344 e. The summed E-state index contributed by atoms with van der Waals surface area (Å²) < 4.78 is 0. The van der Waals surface area contributed by atoms with E-state index in [1.165, 1.54) is 22.7 Å². The largest absolute Gasteiger partial charge is 0.344 e. The molecule has 0 aliphatic carbocycles. The highest BCUT2D eigenvalue weighted by atomic mass is 32.1. The van der Waals surface area contributed by atoms with Gasteiger partial charge in [0.1, 0.15) is 10.8 Å². The number of hydrogen-bond donors (Lipinski definition) is 2. The first-order valence-corrected chi connectivity index (χ1v) is 7.82. The van der Waals surface area contributed by atoms with Gasteiger partial charge in [0.25, 0.3) is 5.91 Å². The summed E-state index contributed by atoms with van der Waals surface area (Å²) in [4.78, 5) is 24.6. The molecule has 0 bridgehead atoms. The summed E-state index contributed by atoms with van der Waals surface area (Å²) in [5.41, 5.74) is 2.77. The van der Waals surface area contributed by atoms with Crippen molar-refractivity contribution in [2.75, 3.05) is 10.6 Å². The van der Waals surface area contributed by atoms with Crippen molar-refractivity contribution in [3.8, 4) is 0 Å². The van der Waals surface area contributed by atoms with E-state index in [-0.39, 0.29) is 5.91 Å². The SMILES string of the molecule is Cc1nc(NC(=O)c2ncsc2Nc2cccnc2)cs1. The predicted molar refractivity (Wildman–Crippen MR) is 84.4 cm³/mol. The Hall–Kier alpha value is -2.32. The molecule has 2 N–H and O–H groups in total. The lowest BCUT2D eigenvalue weighted by Crippen LogP contribution is -2.14. The number of nitrogens with zero attached hydrogens (tertiary/aromatic N) is 3.